The Labute approximate surface area is 153 Å². The maximum Gasteiger partial charge on any atom is 0.320 e. The number of fused-ring (bicyclic) bond motifs is 2. The summed E-state index contributed by atoms with van der Waals surface area (Å²) < 4.78 is 33.3. The molecule has 0 fully saturated rings. The number of carbonyl (C=O) groups excluding carboxylic acids is 1. The lowest BCUT2D eigenvalue weighted by molar-refractivity contribution is -0.148. The van der Waals surface area contributed by atoms with Crippen molar-refractivity contribution < 1.29 is 18.3 Å². The number of imidazole rings is 1. The van der Waals surface area contributed by atoms with E-state index in [-0.39, 0.29) is 12.2 Å². The van der Waals surface area contributed by atoms with Crippen LogP contribution in [-0.2, 0) is 16.0 Å². The highest BCUT2D eigenvalue weighted by Gasteiger charge is 2.24. The van der Waals surface area contributed by atoms with E-state index in [1.807, 2.05) is 24.3 Å². The Balaban J connectivity index is 1.57. The summed E-state index contributed by atoms with van der Waals surface area (Å²) >= 11 is 0. The zero-order chi connectivity index (χ0) is 19.0. The number of ether oxygens (including phenoxy) is 1. The normalized spacial score (nSPS) is 12.7. The van der Waals surface area contributed by atoms with Crippen molar-refractivity contribution in [2.75, 3.05) is 0 Å². The summed E-state index contributed by atoms with van der Waals surface area (Å²) in [6, 6.07) is 14.2. The van der Waals surface area contributed by atoms with Crippen LogP contribution in [0.5, 0.6) is 0 Å². The fourth-order valence-corrected chi connectivity index (χ4v) is 3.28. The molecule has 0 spiro atoms. The summed E-state index contributed by atoms with van der Waals surface area (Å²) in [7, 11) is 0. The Morgan fingerprint density at radius 2 is 1.93 bits per heavy atom. The van der Waals surface area contributed by atoms with Gasteiger partial charge in [0.2, 0.25) is 0 Å². The van der Waals surface area contributed by atoms with Crippen LogP contribution in [0.2, 0.25) is 0 Å². The molecule has 138 valence electrons. The molecule has 7 heteroatoms. The predicted molar refractivity (Wildman–Crippen MR) is 97.5 cm³/mol. The van der Waals surface area contributed by atoms with Gasteiger partial charge >= 0.3 is 12.5 Å². The highest BCUT2D eigenvalue weighted by atomic mass is 19.3. The number of rotatable bonds is 5. The van der Waals surface area contributed by atoms with Gasteiger partial charge in [0, 0.05) is 17.1 Å². The van der Waals surface area contributed by atoms with E-state index in [0.717, 1.165) is 21.0 Å². The van der Waals surface area contributed by atoms with Gasteiger partial charge in [0.25, 0.3) is 0 Å². The molecule has 1 N–H and O–H groups in total. The topological polar surface area (TPSA) is 59.9 Å². The zero-order valence-corrected chi connectivity index (χ0v) is 14.5. The maximum atomic E-state index is 13.5. The van der Waals surface area contributed by atoms with Gasteiger partial charge in [-0.05, 0) is 30.7 Å². The van der Waals surface area contributed by atoms with E-state index >= 15 is 0 Å². The third-order valence-electron chi connectivity index (χ3n) is 4.50. The van der Waals surface area contributed by atoms with E-state index < -0.39 is 18.6 Å². The first kappa shape index (κ1) is 17.2. The summed E-state index contributed by atoms with van der Waals surface area (Å²) in [6.07, 6.45) is 0.901. The third-order valence-corrected chi connectivity index (χ3v) is 4.50. The van der Waals surface area contributed by atoms with Crippen molar-refractivity contribution in [2.24, 2.45) is 0 Å². The number of para-hydroxylation sites is 3. The van der Waals surface area contributed by atoms with Crippen LogP contribution < -0.4 is 0 Å². The minimum absolute atomic E-state index is 0.0264. The van der Waals surface area contributed by atoms with E-state index in [0.29, 0.717) is 11.0 Å². The summed E-state index contributed by atoms with van der Waals surface area (Å²) in [5, 5.41) is 0.932. The van der Waals surface area contributed by atoms with Crippen molar-refractivity contribution in [1.29, 1.82) is 0 Å². The lowest BCUT2D eigenvalue weighted by Gasteiger charge is -2.15. The van der Waals surface area contributed by atoms with Crippen LogP contribution in [0.1, 0.15) is 31.0 Å². The molecule has 0 saturated heterocycles. The molecule has 2 heterocycles. The molecule has 5 nitrogen and oxygen atoms in total. The van der Waals surface area contributed by atoms with Gasteiger partial charge < -0.3 is 9.72 Å². The van der Waals surface area contributed by atoms with Crippen LogP contribution in [-0.4, -0.2) is 20.5 Å². The largest absolute Gasteiger partial charge is 0.454 e. The van der Waals surface area contributed by atoms with Crippen molar-refractivity contribution in [1.82, 2.24) is 14.5 Å². The Kier molecular flexibility index (Phi) is 4.35. The number of aromatic nitrogens is 3. The molecule has 4 aromatic rings. The second-order valence-corrected chi connectivity index (χ2v) is 6.27. The molecule has 1 unspecified atom stereocenters. The molecule has 1 atom stereocenters. The first-order valence-electron chi connectivity index (χ1n) is 8.54. The first-order valence-corrected chi connectivity index (χ1v) is 8.54. The number of H-pyrrole nitrogens is 1. The molecular weight excluding hydrogens is 352 g/mol. The van der Waals surface area contributed by atoms with Crippen LogP contribution in [0.15, 0.2) is 54.7 Å². The number of hydrogen-bond acceptors (Lipinski definition) is 3. The Morgan fingerprint density at radius 3 is 2.74 bits per heavy atom. The lowest BCUT2D eigenvalue weighted by atomic mass is 10.1. The molecule has 0 amide bonds. The second-order valence-electron chi connectivity index (χ2n) is 6.27. The molecule has 0 saturated carbocycles. The standard InChI is InChI=1S/C20H17F2N3O2/c1-12(19-24-16-8-4-5-9-17(16)25(19)20(21)22)27-18(26)10-13-11-23-15-7-3-2-6-14(13)15/h2-9,11-12,20,23H,10H2,1H3. The van der Waals surface area contributed by atoms with Crippen molar-refractivity contribution in [3.8, 4) is 0 Å². The summed E-state index contributed by atoms with van der Waals surface area (Å²) in [5.74, 6) is -0.474. The number of benzene rings is 2. The lowest BCUT2D eigenvalue weighted by Crippen LogP contribution is -2.15. The fraction of sp³-hybridized carbons (Fsp3) is 0.200. The molecule has 0 aliphatic rings. The minimum atomic E-state index is -2.78. The molecule has 0 aliphatic heterocycles. The van der Waals surface area contributed by atoms with Gasteiger partial charge in [-0.2, -0.15) is 8.78 Å². The average Bonchev–Trinajstić information content (AvgIpc) is 3.23. The number of nitrogens with one attached hydrogen (secondary N) is 1. The Bertz CT molecular complexity index is 1120. The number of aromatic amines is 1. The van der Waals surface area contributed by atoms with E-state index in [4.69, 9.17) is 4.74 Å². The highest BCUT2D eigenvalue weighted by Crippen LogP contribution is 2.28. The third kappa shape index (κ3) is 3.16. The molecule has 2 aromatic carbocycles. The van der Waals surface area contributed by atoms with Crippen molar-refractivity contribution >= 4 is 27.9 Å². The van der Waals surface area contributed by atoms with Crippen molar-refractivity contribution in [3.05, 3.63) is 66.1 Å². The predicted octanol–water partition coefficient (Wildman–Crippen LogP) is 4.76. The van der Waals surface area contributed by atoms with E-state index in [9.17, 15) is 13.6 Å². The summed E-state index contributed by atoms with van der Waals surface area (Å²) in [4.78, 5) is 19.7. The van der Waals surface area contributed by atoms with Crippen LogP contribution in [0.3, 0.4) is 0 Å². The van der Waals surface area contributed by atoms with Crippen LogP contribution in [0.25, 0.3) is 21.9 Å². The number of alkyl halides is 2. The van der Waals surface area contributed by atoms with Crippen LogP contribution in [0.4, 0.5) is 8.78 Å². The monoisotopic (exact) mass is 369 g/mol. The summed E-state index contributed by atoms with van der Waals surface area (Å²) in [5.41, 5.74) is 2.47. The molecule has 4 rings (SSSR count). The molecule has 2 aromatic heterocycles. The number of nitrogens with zero attached hydrogens (tertiary/aromatic N) is 2. The van der Waals surface area contributed by atoms with Gasteiger partial charge in [-0.25, -0.2) is 4.98 Å². The van der Waals surface area contributed by atoms with Gasteiger partial charge in [-0.15, -0.1) is 0 Å². The van der Waals surface area contributed by atoms with Gasteiger partial charge in [0.05, 0.1) is 17.5 Å². The molecule has 0 aliphatic carbocycles. The van der Waals surface area contributed by atoms with Crippen LogP contribution in [0, 0.1) is 0 Å². The zero-order valence-electron chi connectivity index (χ0n) is 14.5. The van der Waals surface area contributed by atoms with Crippen molar-refractivity contribution in [2.45, 2.75) is 26.0 Å². The van der Waals surface area contributed by atoms with E-state index in [1.165, 1.54) is 0 Å². The van der Waals surface area contributed by atoms with Gasteiger partial charge in [-0.1, -0.05) is 30.3 Å². The molecular formula is C20H17F2N3O2. The van der Waals surface area contributed by atoms with Gasteiger partial charge in [0.1, 0.15) is 0 Å². The maximum absolute atomic E-state index is 13.5. The van der Waals surface area contributed by atoms with E-state index in [2.05, 4.69) is 9.97 Å². The number of carbonyl (C=O) groups is 1. The van der Waals surface area contributed by atoms with Gasteiger partial charge in [-0.3, -0.25) is 9.36 Å². The second kappa shape index (κ2) is 6.83. The molecule has 0 radical (unpaired) electrons. The summed E-state index contributed by atoms with van der Waals surface area (Å²) in [6.45, 7) is -1.23. The van der Waals surface area contributed by atoms with E-state index in [1.54, 1.807) is 37.4 Å². The number of halogens is 2. The quantitative estimate of drug-likeness (QED) is 0.516. The Morgan fingerprint density at radius 1 is 1.19 bits per heavy atom. The average molecular weight is 369 g/mol. The molecule has 0 bridgehead atoms. The SMILES string of the molecule is CC(OC(=O)Cc1c[nH]c2ccccc12)c1nc2ccccc2n1C(F)F. The molecule has 27 heavy (non-hydrogen) atoms. The van der Waals surface area contributed by atoms with Crippen molar-refractivity contribution in [3.63, 3.8) is 0 Å². The smallest absolute Gasteiger partial charge is 0.320 e. The van der Waals surface area contributed by atoms with Gasteiger partial charge in [0.15, 0.2) is 11.9 Å². The van der Waals surface area contributed by atoms with Crippen LogP contribution >= 0.6 is 0 Å². The minimum Gasteiger partial charge on any atom is -0.454 e. The number of esters is 1. The number of hydrogen-bond donors (Lipinski definition) is 1. The Hall–Kier alpha value is -3.22. The fourth-order valence-electron chi connectivity index (χ4n) is 3.28. The first-order chi connectivity index (χ1) is 13.0. The highest BCUT2D eigenvalue weighted by molar-refractivity contribution is 5.87.